The number of fused-ring (bicyclic) bond motifs is 1. The van der Waals surface area contributed by atoms with E-state index in [4.69, 9.17) is 9.72 Å². The van der Waals surface area contributed by atoms with Gasteiger partial charge in [0.05, 0.1) is 29.5 Å². The maximum atomic E-state index is 15.1. The van der Waals surface area contributed by atoms with Crippen LogP contribution in [0.25, 0.3) is 22.0 Å². The molecule has 0 saturated carbocycles. The molecular formula is C26H27FN6O2. The molecule has 180 valence electrons. The maximum absolute atomic E-state index is 15.1. The molecule has 0 unspecified atom stereocenters. The van der Waals surface area contributed by atoms with E-state index in [1.165, 1.54) is 6.07 Å². The van der Waals surface area contributed by atoms with Gasteiger partial charge in [0.2, 0.25) is 0 Å². The summed E-state index contributed by atoms with van der Waals surface area (Å²) in [5.74, 6) is 0.779. The zero-order chi connectivity index (χ0) is 24.4. The molecule has 0 amide bonds. The summed E-state index contributed by atoms with van der Waals surface area (Å²) in [6, 6.07) is 12.4. The molecule has 4 aromatic rings. The lowest BCUT2D eigenvalue weighted by atomic mass is 10.1. The Balaban J connectivity index is 1.51. The van der Waals surface area contributed by atoms with Crippen molar-refractivity contribution in [2.24, 2.45) is 0 Å². The molecule has 1 atom stereocenters. The monoisotopic (exact) mass is 474 g/mol. The molecule has 1 aromatic carbocycles. The number of anilines is 4. The zero-order valence-corrected chi connectivity index (χ0v) is 19.6. The summed E-state index contributed by atoms with van der Waals surface area (Å²) in [5, 5.41) is 7.45. The van der Waals surface area contributed by atoms with Gasteiger partial charge >= 0.3 is 0 Å². The zero-order valence-electron chi connectivity index (χ0n) is 19.6. The van der Waals surface area contributed by atoms with Crippen LogP contribution in [0.5, 0.6) is 0 Å². The van der Waals surface area contributed by atoms with Crippen LogP contribution in [0.15, 0.2) is 59.7 Å². The number of nitrogens with one attached hydrogen (secondary N) is 3. The third kappa shape index (κ3) is 4.81. The average molecular weight is 475 g/mol. The van der Waals surface area contributed by atoms with Crippen molar-refractivity contribution in [3.8, 4) is 11.3 Å². The SMILES string of the molecule is CCNc1ccc(-c2cc3cc[nH]c(=O)c3c(Nc3ccc(N4CCO[C@H](C)C4)c(F)c3)n2)cn1. The molecule has 3 aromatic heterocycles. The Morgan fingerprint density at radius 2 is 2.11 bits per heavy atom. The van der Waals surface area contributed by atoms with Crippen LogP contribution in [0, 0.1) is 5.82 Å². The van der Waals surface area contributed by atoms with Gasteiger partial charge in [-0.25, -0.2) is 14.4 Å². The fourth-order valence-electron chi connectivity index (χ4n) is 4.30. The number of halogens is 1. The predicted octanol–water partition coefficient (Wildman–Crippen LogP) is 4.52. The van der Waals surface area contributed by atoms with Gasteiger partial charge in [0.15, 0.2) is 0 Å². The van der Waals surface area contributed by atoms with Gasteiger partial charge in [-0.2, -0.15) is 0 Å². The molecule has 1 saturated heterocycles. The van der Waals surface area contributed by atoms with Crippen molar-refractivity contribution >= 4 is 33.8 Å². The van der Waals surface area contributed by atoms with Gasteiger partial charge in [0, 0.05) is 43.3 Å². The van der Waals surface area contributed by atoms with E-state index in [0.29, 0.717) is 48.0 Å². The molecule has 0 bridgehead atoms. The lowest BCUT2D eigenvalue weighted by Gasteiger charge is -2.33. The minimum absolute atomic E-state index is 0.0484. The highest BCUT2D eigenvalue weighted by molar-refractivity contribution is 5.95. The van der Waals surface area contributed by atoms with Crippen molar-refractivity contribution < 1.29 is 9.13 Å². The van der Waals surface area contributed by atoms with Crippen LogP contribution in [0.2, 0.25) is 0 Å². The fourth-order valence-corrected chi connectivity index (χ4v) is 4.30. The minimum atomic E-state index is -0.346. The molecule has 35 heavy (non-hydrogen) atoms. The second-order valence-corrected chi connectivity index (χ2v) is 8.51. The van der Waals surface area contributed by atoms with E-state index in [1.54, 1.807) is 24.5 Å². The Hall–Kier alpha value is -3.98. The number of rotatable bonds is 6. The number of benzene rings is 1. The smallest absolute Gasteiger partial charge is 0.259 e. The lowest BCUT2D eigenvalue weighted by molar-refractivity contribution is 0.0530. The Morgan fingerprint density at radius 3 is 2.86 bits per heavy atom. The Morgan fingerprint density at radius 1 is 1.23 bits per heavy atom. The van der Waals surface area contributed by atoms with E-state index < -0.39 is 0 Å². The van der Waals surface area contributed by atoms with Crippen molar-refractivity contribution in [3.63, 3.8) is 0 Å². The maximum Gasteiger partial charge on any atom is 0.259 e. The van der Waals surface area contributed by atoms with Crippen LogP contribution in [0.4, 0.5) is 27.4 Å². The van der Waals surface area contributed by atoms with Crippen molar-refractivity contribution in [3.05, 3.63) is 71.0 Å². The van der Waals surface area contributed by atoms with Gasteiger partial charge in [-0.1, -0.05) is 0 Å². The largest absolute Gasteiger partial charge is 0.375 e. The number of morpholine rings is 1. The van der Waals surface area contributed by atoms with Gasteiger partial charge < -0.3 is 25.3 Å². The van der Waals surface area contributed by atoms with E-state index in [-0.39, 0.29) is 17.5 Å². The number of aromatic amines is 1. The Labute approximate surface area is 202 Å². The molecule has 0 spiro atoms. The van der Waals surface area contributed by atoms with Crippen LogP contribution in [0.3, 0.4) is 0 Å². The van der Waals surface area contributed by atoms with Crippen molar-refractivity contribution in [1.82, 2.24) is 15.0 Å². The van der Waals surface area contributed by atoms with Crippen LogP contribution < -0.4 is 21.1 Å². The van der Waals surface area contributed by atoms with Gasteiger partial charge in [0.25, 0.3) is 5.56 Å². The first-order valence-corrected chi connectivity index (χ1v) is 11.7. The number of hydrogen-bond donors (Lipinski definition) is 3. The van der Waals surface area contributed by atoms with Crippen LogP contribution >= 0.6 is 0 Å². The van der Waals surface area contributed by atoms with Crippen molar-refractivity contribution in [2.45, 2.75) is 20.0 Å². The summed E-state index contributed by atoms with van der Waals surface area (Å²) >= 11 is 0. The molecule has 1 aliphatic heterocycles. The summed E-state index contributed by atoms with van der Waals surface area (Å²) in [4.78, 5) is 26.5. The second-order valence-electron chi connectivity index (χ2n) is 8.51. The first kappa shape index (κ1) is 22.8. The van der Waals surface area contributed by atoms with Crippen LogP contribution in [-0.4, -0.2) is 47.3 Å². The van der Waals surface area contributed by atoms with E-state index in [1.807, 2.05) is 43.0 Å². The highest BCUT2D eigenvalue weighted by Crippen LogP contribution is 2.30. The summed E-state index contributed by atoms with van der Waals surface area (Å²) < 4.78 is 20.6. The highest BCUT2D eigenvalue weighted by Gasteiger charge is 2.20. The van der Waals surface area contributed by atoms with E-state index in [2.05, 4.69) is 20.6 Å². The molecule has 5 rings (SSSR count). The molecule has 4 heterocycles. The number of hydrogen-bond acceptors (Lipinski definition) is 7. The number of nitrogens with zero attached hydrogens (tertiary/aromatic N) is 3. The molecule has 9 heteroatoms. The van der Waals surface area contributed by atoms with E-state index in [9.17, 15) is 4.79 Å². The molecular weight excluding hydrogens is 447 g/mol. The quantitative estimate of drug-likeness (QED) is 0.378. The van der Waals surface area contributed by atoms with E-state index >= 15 is 4.39 Å². The molecule has 8 nitrogen and oxygen atoms in total. The Bertz CT molecular complexity index is 1410. The summed E-state index contributed by atoms with van der Waals surface area (Å²) in [6.45, 7) is 6.59. The molecule has 0 aliphatic carbocycles. The number of aromatic nitrogens is 3. The third-order valence-electron chi connectivity index (χ3n) is 5.96. The Kier molecular flexibility index (Phi) is 6.33. The van der Waals surface area contributed by atoms with E-state index in [0.717, 1.165) is 23.3 Å². The number of H-pyrrole nitrogens is 1. The molecule has 1 fully saturated rings. The standard InChI is InChI=1S/C26H27FN6O2/c1-3-28-23-7-4-18(14-30-23)21-12-17-8-9-29-26(34)24(17)25(32-21)31-19-5-6-22(20(27)13-19)33-10-11-35-16(2)15-33/h4-9,12-14,16H,3,10-11,15H2,1-2H3,(H,28,30)(H,29,34)(H,31,32)/t16-/m1/s1. The van der Waals surface area contributed by atoms with Gasteiger partial charge in [-0.05, 0) is 61.7 Å². The normalized spacial score (nSPS) is 15.9. The van der Waals surface area contributed by atoms with Gasteiger partial charge in [-0.3, -0.25) is 4.79 Å². The molecule has 3 N–H and O–H groups in total. The summed E-state index contributed by atoms with van der Waals surface area (Å²) in [7, 11) is 0. The van der Waals surface area contributed by atoms with Crippen molar-refractivity contribution in [2.75, 3.05) is 41.8 Å². The first-order valence-electron chi connectivity index (χ1n) is 11.7. The first-order chi connectivity index (χ1) is 17.0. The van der Waals surface area contributed by atoms with Gasteiger partial charge in [-0.15, -0.1) is 0 Å². The third-order valence-corrected chi connectivity index (χ3v) is 5.96. The fraction of sp³-hybridized carbons (Fsp3) is 0.269. The number of pyridine rings is 3. The molecule has 0 radical (unpaired) electrons. The second kappa shape index (κ2) is 9.71. The predicted molar refractivity (Wildman–Crippen MR) is 137 cm³/mol. The molecule has 1 aliphatic rings. The van der Waals surface area contributed by atoms with Crippen LogP contribution in [0.1, 0.15) is 13.8 Å². The van der Waals surface area contributed by atoms with Crippen LogP contribution in [-0.2, 0) is 4.74 Å². The van der Waals surface area contributed by atoms with Gasteiger partial charge in [0.1, 0.15) is 17.5 Å². The summed E-state index contributed by atoms with van der Waals surface area (Å²) in [5.41, 5.74) is 2.22. The summed E-state index contributed by atoms with van der Waals surface area (Å²) in [6.07, 6.45) is 3.39. The number of ether oxygens (including phenoxy) is 1. The topological polar surface area (TPSA) is 95.2 Å². The average Bonchev–Trinajstić information content (AvgIpc) is 2.85. The van der Waals surface area contributed by atoms with Crippen molar-refractivity contribution in [1.29, 1.82) is 0 Å². The lowest BCUT2D eigenvalue weighted by Crippen LogP contribution is -2.41. The minimum Gasteiger partial charge on any atom is -0.375 e. The highest BCUT2D eigenvalue weighted by atomic mass is 19.1.